The van der Waals surface area contributed by atoms with Crippen LogP contribution in [0.1, 0.15) is 66.2 Å². The molecule has 0 radical (unpaired) electrons. The average Bonchev–Trinajstić information content (AvgIpc) is 3.34. The fraction of sp³-hybridized carbons (Fsp3) is 1.00. The third-order valence-corrected chi connectivity index (χ3v) is 8.55. The lowest BCUT2D eigenvalue weighted by Crippen LogP contribution is -2.53. The van der Waals surface area contributed by atoms with E-state index < -0.39 is 0 Å². The van der Waals surface area contributed by atoms with Gasteiger partial charge in [-0.3, -0.25) is 4.90 Å². The molecule has 3 unspecified atom stereocenters. The van der Waals surface area contributed by atoms with Gasteiger partial charge in [0.1, 0.15) is 0 Å². The molecule has 4 rings (SSSR count). The largest absolute Gasteiger partial charge is 0.302 e. The van der Waals surface area contributed by atoms with E-state index >= 15 is 0 Å². The predicted octanol–water partition coefficient (Wildman–Crippen LogP) is 4.19. The number of hydrogen-bond acceptors (Lipinski definition) is 3. The normalized spacial score (nSPS) is 35.7. The van der Waals surface area contributed by atoms with Crippen molar-refractivity contribution < 1.29 is 0 Å². The molecule has 0 spiro atoms. The van der Waals surface area contributed by atoms with Gasteiger partial charge < -0.3 is 9.80 Å². The lowest BCUT2D eigenvalue weighted by molar-refractivity contribution is 0.0398. The van der Waals surface area contributed by atoms with Crippen molar-refractivity contribution in [1.82, 2.24) is 14.7 Å². The molecule has 0 aromatic carbocycles. The molecule has 2 saturated heterocycles. The molecule has 2 saturated carbocycles. The standard InChI is InChI=1S/C24H45N3/c1-5-20(4)27-12-10-25(11-13-27)17-23-21-6-7-22(23)16-26(15-21)18-24(8-9-24)14-19(2)3/h19-23H,5-18H2,1-4H3. The maximum atomic E-state index is 2.90. The molecular weight excluding hydrogens is 330 g/mol. The maximum absolute atomic E-state index is 2.90. The zero-order valence-electron chi connectivity index (χ0n) is 18.6. The van der Waals surface area contributed by atoms with Crippen LogP contribution >= 0.6 is 0 Å². The summed E-state index contributed by atoms with van der Waals surface area (Å²) in [5.41, 5.74) is 0.715. The monoisotopic (exact) mass is 375 g/mol. The quantitative estimate of drug-likeness (QED) is 0.630. The van der Waals surface area contributed by atoms with Gasteiger partial charge in [-0.2, -0.15) is 0 Å². The number of fused-ring (bicyclic) bond motifs is 2. The third kappa shape index (κ3) is 4.73. The molecular formula is C24H45N3. The van der Waals surface area contributed by atoms with Gasteiger partial charge in [0.15, 0.2) is 0 Å². The summed E-state index contributed by atoms with van der Waals surface area (Å²) < 4.78 is 0. The zero-order valence-corrected chi connectivity index (χ0v) is 18.6. The van der Waals surface area contributed by atoms with Gasteiger partial charge in [0, 0.05) is 58.4 Å². The van der Waals surface area contributed by atoms with Crippen LogP contribution in [0.3, 0.4) is 0 Å². The highest BCUT2D eigenvalue weighted by Gasteiger charge is 2.48. The van der Waals surface area contributed by atoms with E-state index in [9.17, 15) is 0 Å². The van der Waals surface area contributed by atoms with Crippen molar-refractivity contribution in [1.29, 1.82) is 0 Å². The molecule has 3 nitrogen and oxygen atoms in total. The average molecular weight is 376 g/mol. The Hall–Kier alpha value is -0.120. The molecule has 2 heterocycles. The van der Waals surface area contributed by atoms with Crippen molar-refractivity contribution in [3.63, 3.8) is 0 Å². The van der Waals surface area contributed by atoms with Gasteiger partial charge in [0.2, 0.25) is 0 Å². The molecule has 4 fully saturated rings. The highest BCUT2D eigenvalue weighted by atomic mass is 15.3. The summed E-state index contributed by atoms with van der Waals surface area (Å²) in [4.78, 5) is 8.41. The van der Waals surface area contributed by atoms with Crippen molar-refractivity contribution in [2.75, 3.05) is 52.4 Å². The molecule has 0 aromatic rings. The van der Waals surface area contributed by atoms with Gasteiger partial charge in [0.25, 0.3) is 0 Å². The van der Waals surface area contributed by atoms with Crippen LogP contribution < -0.4 is 0 Å². The van der Waals surface area contributed by atoms with Crippen molar-refractivity contribution in [3.05, 3.63) is 0 Å². The molecule has 0 amide bonds. The highest BCUT2D eigenvalue weighted by molar-refractivity contribution is 5.00. The zero-order chi connectivity index (χ0) is 19.0. The Morgan fingerprint density at radius 3 is 2.04 bits per heavy atom. The summed E-state index contributed by atoms with van der Waals surface area (Å²) in [6.07, 6.45) is 8.77. The predicted molar refractivity (Wildman–Crippen MR) is 115 cm³/mol. The van der Waals surface area contributed by atoms with Crippen LogP contribution in [-0.2, 0) is 0 Å². The number of likely N-dealkylation sites (tertiary alicyclic amines) is 1. The minimum atomic E-state index is 0.715. The summed E-state index contributed by atoms with van der Waals surface area (Å²) in [5, 5.41) is 0. The van der Waals surface area contributed by atoms with E-state index in [1.165, 1.54) is 90.9 Å². The summed E-state index contributed by atoms with van der Waals surface area (Å²) >= 11 is 0. The van der Waals surface area contributed by atoms with Crippen molar-refractivity contribution in [2.45, 2.75) is 72.3 Å². The van der Waals surface area contributed by atoms with Crippen LogP contribution in [0.25, 0.3) is 0 Å². The lowest BCUT2D eigenvalue weighted by Gasteiger charge is -2.44. The maximum Gasteiger partial charge on any atom is 0.0113 e. The molecule has 4 aliphatic rings. The summed E-state index contributed by atoms with van der Waals surface area (Å²) in [7, 11) is 0. The van der Waals surface area contributed by atoms with Gasteiger partial charge in [-0.15, -0.1) is 0 Å². The van der Waals surface area contributed by atoms with E-state index in [0.717, 1.165) is 29.7 Å². The van der Waals surface area contributed by atoms with E-state index in [1.807, 2.05) is 0 Å². The van der Waals surface area contributed by atoms with E-state index in [1.54, 1.807) is 0 Å². The second-order valence-corrected chi connectivity index (χ2v) is 11.1. The van der Waals surface area contributed by atoms with Crippen LogP contribution in [0.2, 0.25) is 0 Å². The topological polar surface area (TPSA) is 9.72 Å². The Labute approximate surface area is 168 Å². The van der Waals surface area contributed by atoms with Crippen molar-refractivity contribution in [3.8, 4) is 0 Å². The first-order valence-electron chi connectivity index (χ1n) is 12.2. The fourth-order valence-corrected chi connectivity index (χ4v) is 6.75. The minimum absolute atomic E-state index is 0.715. The summed E-state index contributed by atoms with van der Waals surface area (Å²) in [6.45, 7) is 20.4. The summed E-state index contributed by atoms with van der Waals surface area (Å²) in [5.74, 6) is 3.85. The molecule has 3 atom stereocenters. The molecule has 0 aromatic heterocycles. The number of rotatable bonds is 8. The van der Waals surface area contributed by atoms with E-state index in [0.29, 0.717) is 5.41 Å². The highest BCUT2D eigenvalue weighted by Crippen LogP contribution is 2.52. The molecule has 0 N–H and O–H groups in total. The van der Waals surface area contributed by atoms with Crippen LogP contribution in [0.15, 0.2) is 0 Å². The molecule has 3 heteroatoms. The first-order chi connectivity index (χ1) is 13.0. The number of piperidine rings is 1. The lowest BCUT2D eigenvalue weighted by atomic mass is 9.83. The number of hydrogen-bond donors (Lipinski definition) is 0. The van der Waals surface area contributed by atoms with Gasteiger partial charge >= 0.3 is 0 Å². The van der Waals surface area contributed by atoms with Gasteiger partial charge in [-0.1, -0.05) is 20.8 Å². The first kappa shape index (κ1) is 20.2. The van der Waals surface area contributed by atoms with Crippen LogP contribution in [0.4, 0.5) is 0 Å². The van der Waals surface area contributed by atoms with E-state index in [4.69, 9.17) is 0 Å². The Bertz CT molecular complexity index is 464. The number of piperazine rings is 1. The minimum Gasteiger partial charge on any atom is -0.302 e. The summed E-state index contributed by atoms with van der Waals surface area (Å²) in [6, 6.07) is 0.771. The van der Waals surface area contributed by atoms with Crippen LogP contribution in [0.5, 0.6) is 0 Å². The molecule has 156 valence electrons. The van der Waals surface area contributed by atoms with E-state index in [2.05, 4.69) is 42.4 Å². The van der Waals surface area contributed by atoms with Gasteiger partial charge in [0.05, 0.1) is 0 Å². The van der Waals surface area contributed by atoms with Crippen molar-refractivity contribution in [2.24, 2.45) is 29.1 Å². The van der Waals surface area contributed by atoms with Crippen molar-refractivity contribution >= 4 is 0 Å². The van der Waals surface area contributed by atoms with Gasteiger partial charge in [-0.25, -0.2) is 0 Å². The first-order valence-corrected chi connectivity index (χ1v) is 12.2. The molecule has 2 bridgehead atoms. The molecule has 2 aliphatic heterocycles. The Morgan fingerprint density at radius 2 is 1.52 bits per heavy atom. The molecule has 2 aliphatic carbocycles. The van der Waals surface area contributed by atoms with Crippen LogP contribution in [-0.4, -0.2) is 73.1 Å². The van der Waals surface area contributed by atoms with Gasteiger partial charge in [-0.05, 0) is 74.5 Å². The Morgan fingerprint density at radius 1 is 0.889 bits per heavy atom. The number of nitrogens with zero attached hydrogens (tertiary/aromatic N) is 3. The second kappa shape index (κ2) is 8.32. The SMILES string of the molecule is CCC(C)N1CCN(CC2C3CCC2CN(CC2(CC(C)C)CC2)C3)CC1. The fourth-order valence-electron chi connectivity index (χ4n) is 6.75. The third-order valence-electron chi connectivity index (χ3n) is 8.55. The van der Waals surface area contributed by atoms with E-state index in [-0.39, 0.29) is 0 Å². The second-order valence-electron chi connectivity index (χ2n) is 11.1. The Balaban J connectivity index is 1.25. The van der Waals surface area contributed by atoms with Crippen LogP contribution in [0, 0.1) is 29.1 Å². The Kier molecular flexibility index (Phi) is 6.21. The smallest absolute Gasteiger partial charge is 0.0113 e. The molecule has 27 heavy (non-hydrogen) atoms.